The second-order valence-electron chi connectivity index (χ2n) is 3.73. The Labute approximate surface area is 111 Å². The average Bonchev–Trinajstić information content (AvgIpc) is 2.44. The number of ether oxygens (including phenoxy) is 3. The highest BCUT2D eigenvalue weighted by molar-refractivity contribution is 5.81. The third kappa shape index (κ3) is 4.86. The van der Waals surface area contributed by atoms with Crippen molar-refractivity contribution in [3.8, 4) is 0 Å². The van der Waals surface area contributed by atoms with E-state index < -0.39 is 11.8 Å². The highest BCUT2D eigenvalue weighted by atomic mass is 16.7. The molecule has 19 heavy (non-hydrogen) atoms. The zero-order chi connectivity index (χ0) is 14.1. The Morgan fingerprint density at radius 3 is 2.68 bits per heavy atom. The minimum absolute atomic E-state index is 0.0371. The van der Waals surface area contributed by atoms with Crippen LogP contribution in [-0.4, -0.2) is 48.4 Å². The number of carbonyl (C=O) groups excluding carboxylic acids is 1. The zero-order valence-electron chi connectivity index (χ0n) is 10.6. The molecule has 0 aromatic heterocycles. The number of aliphatic hydroxyl groups is 2. The number of esters is 1. The molecule has 0 aromatic rings. The molecule has 1 rings (SSSR count). The van der Waals surface area contributed by atoms with Crippen LogP contribution in [0.2, 0.25) is 0 Å². The second-order valence-corrected chi connectivity index (χ2v) is 3.73. The molecule has 1 atom stereocenters. The molecule has 0 saturated carbocycles. The summed E-state index contributed by atoms with van der Waals surface area (Å²) in [6.45, 7) is 3.28. The molecule has 0 bridgehead atoms. The van der Waals surface area contributed by atoms with E-state index in [0.717, 1.165) is 6.08 Å². The standard InChI is InChI=1S/C13H18O6/c1-2-12(16)19-13(18-10-8-15)5-3-11(4-6-13)17-9-7-14/h2-5,14-15H,1,6-10H2. The van der Waals surface area contributed by atoms with Crippen LogP contribution < -0.4 is 0 Å². The highest BCUT2D eigenvalue weighted by Crippen LogP contribution is 2.27. The van der Waals surface area contributed by atoms with Gasteiger partial charge in [0.1, 0.15) is 12.4 Å². The first-order chi connectivity index (χ1) is 9.15. The average molecular weight is 270 g/mol. The van der Waals surface area contributed by atoms with E-state index in [0.29, 0.717) is 5.76 Å². The Bertz CT molecular complexity index is 373. The van der Waals surface area contributed by atoms with Crippen molar-refractivity contribution in [1.82, 2.24) is 0 Å². The van der Waals surface area contributed by atoms with Crippen LogP contribution >= 0.6 is 0 Å². The Balaban J connectivity index is 2.68. The van der Waals surface area contributed by atoms with Gasteiger partial charge in [-0.2, -0.15) is 0 Å². The van der Waals surface area contributed by atoms with Crippen LogP contribution in [-0.2, 0) is 19.0 Å². The smallest absolute Gasteiger partial charge is 0.332 e. The van der Waals surface area contributed by atoms with Gasteiger partial charge in [-0.25, -0.2) is 4.79 Å². The predicted molar refractivity (Wildman–Crippen MR) is 66.9 cm³/mol. The van der Waals surface area contributed by atoms with E-state index in [1.807, 2.05) is 0 Å². The van der Waals surface area contributed by atoms with Crippen LogP contribution in [0.25, 0.3) is 0 Å². The topological polar surface area (TPSA) is 85.2 Å². The molecule has 6 heteroatoms. The molecule has 0 saturated heterocycles. The molecule has 1 aliphatic carbocycles. The van der Waals surface area contributed by atoms with Crippen molar-refractivity contribution in [3.05, 3.63) is 36.6 Å². The summed E-state index contributed by atoms with van der Waals surface area (Å²) in [6, 6.07) is 0. The van der Waals surface area contributed by atoms with Gasteiger partial charge in [-0.05, 0) is 18.2 Å². The predicted octanol–water partition coefficient (Wildman–Crippen LogP) is 0.273. The van der Waals surface area contributed by atoms with E-state index in [-0.39, 0.29) is 32.8 Å². The van der Waals surface area contributed by atoms with Gasteiger partial charge in [-0.15, -0.1) is 0 Å². The van der Waals surface area contributed by atoms with Gasteiger partial charge in [-0.3, -0.25) is 0 Å². The lowest BCUT2D eigenvalue weighted by molar-refractivity contribution is -0.206. The lowest BCUT2D eigenvalue weighted by atomic mass is 10.1. The van der Waals surface area contributed by atoms with Gasteiger partial charge in [0.15, 0.2) is 0 Å². The molecule has 6 nitrogen and oxygen atoms in total. The minimum Gasteiger partial charge on any atom is -0.492 e. The molecule has 106 valence electrons. The Morgan fingerprint density at radius 1 is 1.42 bits per heavy atom. The molecular weight excluding hydrogens is 252 g/mol. The quantitative estimate of drug-likeness (QED) is 0.374. The normalized spacial score (nSPS) is 21.7. The molecule has 2 N–H and O–H groups in total. The van der Waals surface area contributed by atoms with Crippen molar-refractivity contribution in [2.75, 3.05) is 26.4 Å². The fraction of sp³-hybridized carbons (Fsp3) is 0.462. The van der Waals surface area contributed by atoms with E-state index in [2.05, 4.69) is 6.58 Å². The SMILES string of the molecule is C=CC(=O)OC1(OCCO)C=CC(OCCO)=CC1. The summed E-state index contributed by atoms with van der Waals surface area (Å²) in [7, 11) is 0. The van der Waals surface area contributed by atoms with Crippen molar-refractivity contribution in [2.24, 2.45) is 0 Å². The molecule has 0 amide bonds. The summed E-state index contributed by atoms with van der Waals surface area (Å²) in [6.07, 6.45) is 6.11. The van der Waals surface area contributed by atoms with Crippen molar-refractivity contribution in [3.63, 3.8) is 0 Å². The van der Waals surface area contributed by atoms with E-state index >= 15 is 0 Å². The zero-order valence-corrected chi connectivity index (χ0v) is 10.6. The molecule has 0 fully saturated rings. The lowest BCUT2D eigenvalue weighted by Gasteiger charge is -2.31. The summed E-state index contributed by atoms with van der Waals surface area (Å²) < 4.78 is 15.7. The van der Waals surface area contributed by atoms with Gasteiger partial charge >= 0.3 is 5.97 Å². The molecule has 0 aliphatic heterocycles. The van der Waals surface area contributed by atoms with Crippen molar-refractivity contribution in [2.45, 2.75) is 12.2 Å². The summed E-state index contributed by atoms with van der Waals surface area (Å²) in [4.78, 5) is 11.3. The van der Waals surface area contributed by atoms with Gasteiger partial charge in [-0.1, -0.05) is 6.58 Å². The third-order valence-corrected chi connectivity index (χ3v) is 2.33. The minimum atomic E-state index is -1.25. The van der Waals surface area contributed by atoms with Crippen molar-refractivity contribution < 1.29 is 29.2 Å². The molecule has 0 heterocycles. The second kappa shape index (κ2) is 7.73. The van der Waals surface area contributed by atoms with Gasteiger partial charge < -0.3 is 24.4 Å². The number of rotatable bonds is 8. The number of allylic oxidation sites excluding steroid dienone is 1. The number of hydrogen-bond acceptors (Lipinski definition) is 6. The lowest BCUT2D eigenvalue weighted by Crippen LogP contribution is -2.37. The van der Waals surface area contributed by atoms with Crippen molar-refractivity contribution >= 4 is 5.97 Å². The van der Waals surface area contributed by atoms with Crippen LogP contribution in [0.1, 0.15) is 6.42 Å². The van der Waals surface area contributed by atoms with Gasteiger partial charge in [0.2, 0.25) is 5.79 Å². The van der Waals surface area contributed by atoms with E-state index in [4.69, 9.17) is 24.4 Å². The Kier molecular flexibility index (Phi) is 6.27. The van der Waals surface area contributed by atoms with Crippen LogP contribution in [0.3, 0.4) is 0 Å². The first-order valence-corrected chi connectivity index (χ1v) is 5.89. The van der Waals surface area contributed by atoms with Gasteiger partial charge in [0.05, 0.1) is 19.8 Å². The fourth-order valence-corrected chi connectivity index (χ4v) is 1.50. The molecule has 0 spiro atoms. The summed E-state index contributed by atoms with van der Waals surface area (Å²) in [5, 5.41) is 17.5. The number of hydrogen-bond donors (Lipinski definition) is 2. The third-order valence-electron chi connectivity index (χ3n) is 2.33. The van der Waals surface area contributed by atoms with Crippen LogP contribution in [0.4, 0.5) is 0 Å². The maximum absolute atomic E-state index is 11.3. The molecule has 1 unspecified atom stereocenters. The maximum Gasteiger partial charge on any atom is 0.332 e. The van der Waals surface area contributed by atoms with E-state index in [1.54, 1.807) is 12.2 Å². The van der Waals surface area contributed by atoms with Crippen molar-refractivity contribution in [1.29, 1.82) is 0 Å². The van der Waals surface area contributed by atoms with Gasteiger partial charge in [0, 0.05) is 12.5 Å². The van der Waals surface area contributed by atoms with Crippen LogP contribution in [0.5, 0.6) is 0 Å². The summed E-state index contributed by atoms with van der Waals surface area (Å²) in [5.41, 5.74) is 0. The molecule has 0 radical (unpaired) electrons. The Morgan fingerprint density at radius 2 is 2.16 bits per heavy atom. The van der Waals surface area contributed by atoms with Crippen LogP contribution in [0, 0.1) is 0 Å². The fourth-order valence-electron chi connectivity index (χ4n) is 1.50. The van der Waals surface area contributed by atoms with E-state index in [1.165, 1.54) is 6.08 Å². The largest absolute Gasteiger partial charge is 0.492 e. The molecule has 0 aromatic carbocycles. The molecular formula is C13H18O6. The molecule has 1 aliphatic rings. The van der Waals surface area contributed by atoms with Crippen LogP contribution in [0.15, 0.2) is 36.6 Å². The maximum atomic E-state index is 11.3. The monoisotopic (exact) mass is 270 g/mol. The number of carbonyl (C=O) groups is 1. The van der Waals surface area contributed by atoms with E-state index in [9.17, 15) is 4.79 Å². The number of aliphatic hydroxyl groups excluding tert-OH is 2. The highest BCUT2D eigenvalue weighted by Gasteiger charge is 2.33. The Hall–Kier alpha value is -1.63. The summed E-state index contributed by atoms with van der Waals surface area (Å²) in [5.74, 6) is -1.30. The summed E-state index contributed by atoms with van der Waals surface area (Å²) >= 11 is 0. The first-order valence-electron chi connectivity index (χ1n) is 5.89. The first kappa shape index (κ1) is 15.4. The van der Waals surface area contributed by atoms with Gasteiger partial charge in [0.25, 0.3) is 0 Å².